The Hall–Kier alpha value is -2.71. The molecule has 3 heterocycles. The van der Waals surface area contributed by atoms with Crippen LogP contribution in [0.2, 0.25) is 0 Å². The van der Waals surface area contributed by atoms with Crippen LogP contribution in [-0.2, 0) is 17.9 Å². The number of fused-ring (bicyclic) bond motifs is 1. The van der Waals surface area contributed by atoms with E-state index in [1.54, 1.807) is 11.9 Å². The quantitative estimate of drug-likeness (QED) is 0.710. The van der Waals surface area contributed by atoms with Gasteiger partial charge in [0.15, 0.2) is 5.76 Å². The van der Waals surface area contributed by atoms with Crippen molar-refractivity contribution >= 4 is 16.9 Å². The van der Waals surface area contributed by atoms with Crippen molar-refractivity contribution < 1.29 is 9.32 Å². The molecule has 0 saturated carbocycles. The highest BCUT2D eigenvalue weighted by atomic mass is 16.5. The maximum Gasteiger partial charge on any atom is 0.241 e. The molecule has 0 bridgehead atoms. The van der Waals surface area contributed by atoms with Gasteiger partial charge in [0.05, 0.1) is 23.3 Å². The molecule has 1 amide bonds. The fraction of sp³-hybridized carbons (Fsp3) is 0.421. The van der Waals surface area contributed by atoms with Crippen LogP contribution in [0.4, 0.5) is 0 Å². The number of likely N-dealkylation sites (N-methyl/N-ethyl adjacent to an activating group) is 1. The molecule has 1 aliphatic rings. The number of imidazole rings is 1. The molecule has 8 nitrogen and oxygen atoms in total. The van der Waals surface area contributed by atoms with Crippen LogP contribution in [0.3, 0.4) is 0 Å². The van der Waals surface area contributed by atoms with Gasteiger partial charge in [-0.05, 0) is 32.4 Å². The van der Waals surface area contributed by atoms with E-state index in [2.05, 4.69) is 31.6 Å². The van der Waals surface area contributed by atoms with E-state index in [0.717, 1.165) is 29.1 Å². The summed E-state index contributed by atoms with van der Waals surface area (Å²) in [7, 11) is 1.78. The first kappa shape index (κ1) is 17.7. The van der Waals surface area contributed by atoms with Crippen molar-refractivity contribution in [2.24, 2.45) is 0 Å². The lowest BCUT2D eigenvalue weighted by atomic mass is 10.1. The van der Waals surface area contributed by atoms with E-state index in [1.165, 1.54) is 0 Å². The molecule has 1 fully saturated rings. The van der Waals surface area contributed by atoms with E-state index < -0.39 is 0 Å². The monoisotopic (exact) mass is 368 g/mol. The number of hydrogen-bond acceptors (Lipinski definition) is 6. The van der Waals surface area contributed by atoms with Gasteiger partial charge in [-0.3, -0.25) is 10.2 Å². The SMILES string of the molecule is Cc1cc(CN(C)C(=O)C2CC(Cn3c(C)nc4ccccc43)NN2)on1. The van der Waals surface area contributed by atoms with Gasteiger partial charge in [-0.1, -0.05) is 17.3 Å². The third-order valence-corrected chi connectivity index (χ3v) is 4.97. The van der Waals surface area contributed by atoms with E-state index in [9.17, 15) is 4.79 Å². The summed E-state index contributed by atoms with van der Waals surface area (Å²) in [6.45, 7) is 5.05. The average molecular weight is 368 g/mol. The molecule has 1 aromatic carbocycles. The average Bonchev–Trinajstić information content (AvgIpc) is 3.35. The molecule has 4 rings (SSSR count). The second-order valence-electron chi connectivity index (χ2n) is 7.16. The van der Waals surface area contributed by atoms with Crippen molar-refractivity contribution in [3.8, 4) is 0 Å². The molecule has 2 N–H and O–H groups in total. The van der Waals surface area contributed by atoms with Crippen molar-refractivity contribution in [3.05, 3.63) is 47.6 Å². The van der Waals surface area contributed by atoms with Gasteiger partial charge in [0.1, 0.15) is 11.9 Å². The molecule has 1 aliphatic heterocycles. The second kappa shape index (κ2) is 7.13. The van der Waals surface area contributed by atoms with Gasteiger partial charge in [-0.2, -0.15) is 0 Å². The largest absolute Gasteiger partial charge is 0.359 e. The van der Waals surface area contributed by atoms with E-state index in [0.29, 0.717) is 18.7 Å². The molecular formula is C19H24N6O2. The van der Waals surface area contributed by atoms with Crippen LogP contribution in [0.5, 0.6) is 0 Å². The standard InChI is InChI=1S/C19H24N6O2/c1-12-8-15(27-23-12)11-24(3)19(26)17-9-14(21-22-17)10-25-13(2)20-16-6-4-5-7-18(16)25/h4-8,14,17,21-22H,9-11H2,1-3H3. The molecule has 0 radical (unpaired) electrons. The summed E-state index contributed by atoms with van der Waals surface area (Å²) in [4.78, 5) is 19.0. The van der Waals surface area contributed by atoms with E-state index in [4.69, 9.17) is 4.52 Å². The third-order valence-electron chi connectivity index (χ3n) is 4.97. The second-order valence-corrected chi connectivity index (χ2v) is 7.16. The fourth-order valence-corrected chi connectivity index (χ4v) is 3.62. The molecule has 2 atom stereocenters. The van der Waals surface area contributed by atoms with Gasteiger partial charge in [0, 0.05) is 25.7 Å². The molecule has 0 aliphatic carbocycles. The smallest absolute Gasteiger partial charge is 0.241 e. The van der Waals surface area contributed by atoms with Gasteiger partial charge in [-0.25, -0.2) is 10.4 Å². The van der Waals surface area contributed by atoms with Crippen molar-refractivity contribution in [1.82, 2.24) is 30.5 Å². The number of nitrogens with zero attached hydrogens (tertiary/aromatic N) is 4. The number of hydrogen-bond donors (Lipinski definition) is 2. The van der Waals surface area contributed by atoms with E-state index >= 15 is 0 Å². The Morgan fingerprint density at radius 1 is 1.33 bits per heavy atom. The van der Waals surface area contributed by atoms with Crippen LogP contribution in [0.15, 0.2) is 34.9 Å². The van der Waals surface area contributed by atoms with Crippen LogP contribution in [-0.4, -0.2) is 44.6 Å². The summed E-state index contributed by atoms with van der Waals surface area (Å²) < 4.78 is 7.40. The molecule has 2 unspecified atom stereocenters. The van der Waals surface area contributed by atoms with Gasteiger partial charge < -0.3 is 14.0 Å². The molecule has 2 aromatic heterocycles. The van der Waals surface area contributed by atoms with Gasteiger partial charge in [0.25, 0.3) is 0 Å². The van der Waals surface area contributed by atoms with Crippen LogP contribution in [0, 0.1) is 13.8 Å². The Morgan fingerprint density at radius 2 is 2.15 bits per heavy atom. The van der Waals surface area contributed by atoms with Crippen LogP contribution >= 0.6 is 0 Å². The topological polar surface area (TPSA) is 88.2 Å². The predicted octanol–water partition coefficient (Wildman–Crippen LogP) is 1.53. The zero-order chi connectivity index (χ0) is 19.0. The van der Waals surface area contributed by atoms with Crippen LogP contribution < -0.4 is 10.9 Å². The molecule has 3 aromatic rings. The Bertz CT molecular complexity index is 962. The summed E-state index contributed by atoms with van der Waals surface area (Å²) in [6.07, 6.45) is 0.713. The fourth-order valence-electron chi connectivity index (χ4n) is 3.62. The summed E-state index contributed by atoms with van der Waals surface area (Å²) in [5, 5.41) is 3.86. The Kier molecular flexibility index (Phi) is 4.67. The first-order chi connectivity index (χ1) is 13.0. The number of aryl methyl sites for hydroxylation is 2. The molecule has 0 spiro atoms. The Labute approximate surface area is 157 Å². The van der Waals surface area contributed by atoms with Crippen molar-refractivity contribution in [1.29, 1.82) is 0 Å². The Balaban J connectivity index is 1.39. The highest BCUT2D eigenvalue weighted by molar-refractivity contribution is 5.82. The van der Waals surface area contributed by atoms with Crippen molar-refractivity contribution in [3.63, 3.8) is 0 Å². The number of rotatable bonds is 5. The lowest BCUT2D eigenvalue weighted by molar-refractivity contribution is -0.132. The predicted molar refractivity (Wildman–Crippen MR) is 101 cm³/mol. The maximum atomic E-state index is 12.7. The first-order valence-electron chi connectivity index (χ1n) is 9.11. The Morgan fingerprint density at radius 3 is 2.93 bits per heavy atom. The first-order valence-corrected chi connectivity index (χ1v) is 9.11. The summed E-state index contributed by atoms with van der Waals surface area (Å²) in [5.74, 6) is 1.70. The number of aromatic nitrogens is 3. The number of amides is 1. The molecule has 27 heavy (non-hydrogen) atoms. The number of carbonyl (C=O) groups is 1. The van der Waals surface area contributed by atoms with Crippen molar-refractivity contribution in [2.75, 3.05) is 7.05 Å². The minimum absolute atomic E-state index is 0.0336. The lowest BCUT2D eigenvalue weighted by Gasteiger charge is -2.19. The third kappa shape index (κ3) is 3.58. The van der Waals surface area contributed by atoms with E-state index in [-0.39, 0.29) is 18.0 Å². The van der Waals surface area contributed by atoms with Gasteiger partial charge in [0.2, 0.25) is 5.91 Å². The molecular weight excluding hydrogens is 344 g/mol. The number of nitrogens with one attached hydrogen (secondary N) is 2. The molecule has 8 heteroatoms. The zero-order valence-corrected chi connectivity index (χ0v) is 15.8. The zero-order valence-electron chi connectivity index (χ0n) is 15.8. The summed E-state index contributed by atoms with van der Waals surface area (Å²) in [5.41, 5.74) is 9.32. The highest BCUT2D eigenvalue weighted by Crippen LogP contribution is 2.18. The van der Waals surface area contributed by atoms with Gasteiger partial charge in [-0.15, -0.1) is 0 Å². The lowest BCUT2D eigenvalue weighted by Crippen LogP contribution is -2.44. The highest BCUT2D eigenvalue weighted by Gasteiger charge is 2.32. The number of hydrazine groups is 1. The van der Waals surface area contributed by atoms with Crippen LogP contribution in [0.1, 0.15) is 23.7 Å². The number of benzene rings is 1. The summed E-state index contributed by atoms with van der Waals surface area (Å²) >= 11 is 0. The van der Waals surface area contributed by atoms with Crippen molar-refractivity contribution in [2.45, 2.75) is 45.4 Å². The number of para-hydroxylation sites is 2. The minimum Gasteiger partial charge on any atom is -0.359 e. The molecule has 1 saturated heterocycles. The maximum absolute atomic E-state index is 12.7. The molecule has 142 valence electrons. The summed E-state index contributed by atoms with van der Waals surface area (Å²) in [6, 6.07) is 9.84. The number of carbonyl (C=O) groups excluding carboxylic acids is 1. The van der Waals surface area contributed by atoms with Gasteiger partial charge >= 0.3 is 0 Å². The minimum atomic E-state index is -0.265. The normalized spacial score (nSPS) is 19.7. The van der Waals surface area contributed by atoms with E-state index in [1.807, 2.05) is 38.1 Å². The van der Waals surface area contributed by atoms with Crippen LogP contribution in [0.25, 0.3) is 11.0 Å².